The summed E-state index contributed by atoms with van der Waals surface area (Å²) in [7, 11) is 0. The Kier molecular flexibility index (Phi) is 5.59. The zero-order chi connectivity index (χ0) is 19.5. The molecular weight excluding hydrogens is 392 g/mol. The average Bonchev–Trinajstić information content (AvgIpc) is 3.35. The minimum atomic E-state index is -0.282. The van der Waals surface area contributed by atoms with E-state index in [0.717, 1.165) is 15.6 Å². The van der Waals surface area contributed by atoms with Gasteiger partial charge in [-0.15, -0.1) is 23.5 Å². The summed E-state index contributed by atoms with van der Waals surface area (Å²) in [5, 5.41) is 0.379. The highest BCUT2D eigenvalue weighted by atomic mass is 32.2. The standard InChI is InChI=1S/C22H18O4S2/c1-14-12-27-22(28-14)20(21(24)16-5-3-2-4-6-16)17(23)9-7-15-8-10-18-19(11-15)26-13-25-18/h2-11,14H,12-13H2,1H3. The van der Waals surface area contributed by atoms with Gasteiger partial charge in [-0.05, 0) is 23.8 Å². The minimum absolute atomic E-state index is 0.204. The van der Waals surface area contributed by atoms with Crippen LogP contribution >= 0.6 is 23.5 Å². The zero-order valence-electron chi connectivity index (χ0n) is 15.2. The largest absolute Gasteiger partial charge is 0.454 e. The van der Waals surface area contributed by atoms with Gasteiger partial charge in [-0.1, -0.05) is 49.4 Å². The maximum absolute atomic E-state index is 13.1. The van der Waals surface area contributed by atoms with E-state index in [9.17, 15) is 9.59 Å². The SMILES string of the molecule is CC1CSC(=C(C(=O)C=Cc2ccc3c(c2)OCO3)C(=O)c2ccccc2)S1. The Hall–Kier alpha value is -2.44. The number of Topliss-reactive ketones (excluding diaryl/α,β-unsaturated/α-hetero) is 1. The lowest BCUT2D eigenvalue weighted by molar-refractivity contribution is -0.111. The van der Waals surface area contributed by atoms with Crippen LogP contribution in [0.4, 0.5) is 0 Å². The van der Waals surface area contributed by atoms with E-state index in [1.165, 1.54) is 6.08 Å². The molecule has 2 heterocycles. The van der Waals surface area contributed by atoms with E-state index in [-0.39, 0.29) is 23.9 Å². The second-order valence-electron chi connectivity index (χ2n) is 6.41. The second-order valence-corrected chi connectivity index (χ2v) is 9.14. The van der Waals surface area contributed by atoms with Crippen molar-refractivity contribution in [1.29, 1.82) is 0 Å². The lowest BCUT2D eigenvalue weighted by Crippen LogP contribution is -2.12. The van der Waals surface area contributed by atoms with Crippen LogP contribution in [0, 0.1) is 0 Å². The van der Waals surface area contributed by atoms with Crippen molar-refractivity contribution in [3.63, 3.8) is 0 Å². The lowest BCUT2D eigenvalue weighted by atomic mass is 10.0. The predicted octanol–water partition coefficient (Wildman–Crippen LogP) is 4.96. The van der Waals surface area contributed by atoms with Gasteiger partial charge in [-0.3, -0.25) is 9.59 Å². The Balaban J connectivity index is 1.63. The Morgan fingerprint density at radius 2 is 1.86 bits per heavy atom. The Bertz CT molecular complexity index is 979. The van der Waals surface area contributed by atoms with Crippen molar-refractivity contribution in [3.8, 4) is 11.5 Å². The summed E-state index contributed by atoms with van der Waals surface area (Å²) in [4.78, 5) is 26.1. The smallest absolute Gasteiger partial charge is 0.231 e. The van der Waals surface area contributed by atoms with Crippen LogP contribution in [0.15, 0.2) is 64.4 Å². The highest BCUT2D eigenvalue weighted by Gasteiger charge is 2.28. The molecule has 0 bridgehead atoms. The molecule has 142 valence electrons. The van der Waals surface area contributed by atoms with Gasteiger partial charge >= 0.3 is 0 Å². The molecule has 0 spiro atoms. The van der Waals surface area contributed by atoms with Crippen molar-refractivity contribution >= 4 is 41.2 Å². The quantitative estimate of drug-likeness (QED) is 0.301. The first-order valence-corrected chi connectivity index (χ1v) is 10.7. The number of ketones is 2. The zero-order valence-corrected chi connectivity index (χ0v) is 16.8. The third kappa shape index (κ3) is 4.03. The number of rotatable bonds is 5. The second kappa shape index (κ2) is 8.29. The fraction of sp³-hybridized carbons (Fsp3) is 0.182. The highest BCUT2D eigenvalue weighted by Crippen LogP contribution is 2.44. The van der Waals surface area contributed by atoms with Crippen LogP contribution in [-0.2, 0) is 4.79 Å². The van der Waals surface area contributed by atoms with Crippen molar-refractivity contribution in [1.82, 2.24) is 0 Å². The fourth-order valence-electron chi connectivity index (χ4n) is 2.89. The number of hydrogen-bond acceptors (Lipinski definition) is 6. The van der Waals surface area contributed by atoms with Crippen molar-refractivity contribution < 1.29 is 19.1 Å². The van der Waals surface area contributed by atoms with Gasteiger partial charge in [0.25, 0.3) is 0 Å². The van der Waals surface area contributed by atoms with Gasteiger partial charge in [0.1, 0.15) is 0 Å². The third-order valence-corrected chi connectivity index (χ3v) is 7.27. The van der Waals surface area contributed by atoms with Crippen LogP contribution in [0.3, 0.4) is 0 Å². The number of benzene rings is 2. The number of carbonyl (C=O) groups is 2. The van der Waals surface area contributed by atoms with Gasteiger partial charge in [0.15, 0.2) is 23.1 Å². The third-order valence-electron chi connectivity index (χ3n) is 4.29. The van der Waals surface area contributed by atoms with E-state index in [1.54, 1.807) is 53.9 Å². The number of allylic oxidation sites excluding steroid dienone is 2. The first kappa shape index (κ1) is 18.9. The summed E-state index contributed by atoms with van der Waals surface area (Å²) < 4.78 is 11.5. The molecule has 0 aromatic heterocycles. The summed E-state index contributed by atoms with van der Waals surface area (Å²) >= 11 is 3.17. The molecule has 4 rings (SSSR count). The molecule has 2 aliphatic rings. The molecule has 4 nitrogen and oxygen atoms in total. The molecule has 1 fully saturated rings. The summed E-state index contributed by atoms with van der Waals surface area (Å²) in [5.74, 6) is 1.73. The van der Waals surface area contributed by atoms with Crippen LogP contribution in [0.1, 0.15) is 22.8 Å². The van der Waals surface area contributed by atoms with Crippen LogP contribution in [0.25, 0.3) is 6.08 Å². The molecule has 2 aliphatic heterocycles. The first-order valence-electron chi connectivity index (χ1n) is 8.87. The molecule has 28 heavy (non-hydrogen) atoms. The Labute approximate surface area is 172 Å². The molecule has 0 radical (unpaired) electrons. The van der Waals surface area contributed by atoms with Crippen molar-refractivity contribution in [2.45, 2.75) is 12.2 Å². The molecule has 6 heteroatoms. The van der Waals surface area contributed by atoms with Gasteiger partial charge in [-0.25, -0.2) is 0 Å². The van der Waals surface area contributed by atoms with Crippen LogP contribution < -0.4 is 9.47 Å². The Morgan fingerprint density at radius 1 is 1.07 bits per heavy atom. The molecule has 1 atom stereocenters. The summed E-state index contributed by atoms with van der Waals surface area (Å²) in [6.45, 7) is 2.30. The van der Waals surface area contributed by atoms with Gasteiger partial charge < -0.3 is 9.47 Å². The first-order chi connectivity index (χ1) is 13.6. The number of fused-ring (bicyclic) bond motifs is 1. The van der Waals surface area contributed by atoms with E-state index in [1.807, 2.05) is 24.3 Å². The summed E-state index contributed by atoms with van der Waals surface area (Å²) in [6.07, 6.45) is 3.17. The normalized spacial score (nSPS) is 19.8. The molecule has 2 aromatic carbocycles. The van der Waals surface area contributed by atoms with Crippen LogP contribution in [0.2, 0.25) is 0 Å². The topological polar surface area (TPSA) is 52.6 Å². The van der Waals surface area contributed by atoms with Crippen LogP contribution in [-0.4, -0.2) is 29.4 Å². The Morgan fingerprint density at radius 3 is 2.61 bits per heavy atom. The maximum atomic E-state index is 13.1. The predicted molar refractivity (Wildman–Crippen MR) is 114 cm³/mol. The molecule has 0 saturated carbocycles. The van der Waals surface area contributed by atoms with Crippen molar-refractivity contribution in [2.24, 2.45) is 0 Å². The molecule has 1 saturated heterocycles. The number of hydrogen-bond donors (Lipinski definition) is 0. The molecule has 0 N–H and O–H groups in total. The van der Waals surface area contributed by atoms with Gasteiger partial charge in [0.2, 0.25) is 6.79 Å². The molecular formula is C22H18O4S2. The minimum Gasteiger partial charge on any atom is -0.454 e. The fourth-order valence-corrected chi connectivity index (χ4v) is 5.73. The molecule has 1 unspecified atom stereocenters. The molecule has 0 amide bonds. The molecule has 2 aromatic rings. The van der Waals surface area contributed by atoms with Crippen molar-refractivity contribution in [3.05, 3.63) is 75.5 Å². The number of thioether (sulfide) groups is 2. The highest BCUT2D eigenvalue weighted by molar-refractivity contribution is 8.25. The average molecular weight is 411 g/mol. The number of ether oxygens (including phenoxy) is 2. The van der Waals surface area contributed by atoms with Gasteiger partial charge in [0, 0.05) is 16.6 Å². The van der Waals surface area contributed by atoms with E-state index in [0.29, 0.717) is 22.3 Å². The monoisotopic (exact) mass is 410 g/mol. The maximum Gasteiger partial charge on any atom is 0.231 e. The van der Waals surface area contributed by atoms with Crippen molar-refractivity contribution in [2.75, 3.05) is 12.5 Å². The van der Waals surface area contributed by atoms with Gasteiger partial charge in [0.05, 0.1) is 9.81 Å². The lowest BCUT2D eigenvalue weighted by Gasteiger charge is -2.07. The van der Waals surface area contributed by atoms with E-state index in [4.69, 9.17) is 9.47 Å². The van der Waals surface area contributed by atoms with Crippen LogP contribution in [0.5, 0.6) is 11.5 Å². The summed E-state index contributed by atoms with van der Waals surface area (Å²) in [5.41, 5.74) is 1.59. The van der Waals surface area contributed by atoms with E-state index >= 15 is 0 Å². The van der Waals surface area contributed by atoms with E-state index in [2.05, 4.69) is 6.92 Å². The number of carbonyl (C=O) groups excluding carboxylic acids is 2. The molecule has 0 aliphatic carbocycles. The summed E-state index contributed by atoms with van der Waals surface area (Å²) in [6, 6.07) is 14.4. The van der Waals surface area contributed by atoms with Gasteiger partial charge in [-0.2, -0.15) is 0 Å². The van der Waals surface area contributed by atoms with E-state index < -0.39 is 0 Å².